The Kier molecular flexibility index (Phi) is 6.36. The highest BCUT2D eigenvalue weighted by atomic mass is 79.9. The van der Waals surface area contributed by atoms with Crippen molar-refractivity contribution in [3.8, 4) is 5.69 Å². The second-order valence-electron chi connectivity index (χ2n) is 8.07. The third kappa shape index (κ3) is 4.30. The van der Waals surface area contributed by atoms with Crippen molar-refractivity contribution in [1.82, 2.24) is 9.88 Å². The monoisotopic (exact) mass is 521 g/mol. The second-order valence-corrected chi connectivity index (χ2v) is 9.37. The van der Waals surface area contributed by atoms with Crippen LogP contribution in [-0.4, -0.2) is 21.5 Å². The van der Waals surface area contributed by atoms with Gasteiger partial charge in [-0.1, -0.05) is 35.0 Å². The number of anilines is 1. The van der Waals surface area contributed by atoms with E-state index in [1.165, 1.54) is 10.5 Å². The van der Waals surface area contributed by atoms with Gasteiger partial charge in [-0.25, -0.2) is 0 Å². The second kappa shape index (κ2) is 9.08. The third-order valence-corrected chi connectivity index (χ3v) is 6.65. The van der Waals surface area contributed by atoms with Gasteiger partial charge in [-0.05, 0) is 98.6 Å². The lowest BCUT2D eigenvalue weighted by molar-refractivity contribution is -0.122. The molecule has 168 valence electrons. The van der Waals surface area contributed by atoms with Gasteiger partial charge in [-0.15, -0.1) is 0 Å². The first-order valence-electron chi connectivity index (χ1n) is 10.7. The van der Waals surface area contributed by atoms with Crippen LogP contribution in [0.2, 0.25) is 0 Å². The number of halogens is 1. The highest BCUT2D eigenvalue weighted by molar-refractivity contribution is 9.10. The zero-order chi connectivity index (χ0) is 23.9. The summed E-state index contributed by atoms with van der Waals surface area (Å²) in [4.78, 5) is 27.6. The van der Waals surface area contributed by atoms with E-state index in [4.69, 9.17) is 12.2 Å². The summed E-state index contributed by atoms with van der Waals surface area (Å²) in [5.41, 5.74) is 6.64. The van der Waals surface area contributed by atoms with E-state index in [1.807, 2.05) is 45.0 Å². The minimum atomic E-state index is -0.492. The number of aromatic nitrogens is 1. The summed E-state index contributed by atoms with van der Waals surface area (Å²) in [5, 5.41) is 2.74. The Morgan fingerprint density at radius 1 is 1.03 bits per heavy atom. The molecular formula is C26H24BrN3O2S. The molecule has 1 N–H and O–H groups in total. The number of amides is 2. The minimum absolute atomic E-state index is 0.0486. The summed E-state index contributed by atoms with van der Waals surface area (Å²) >= 11 is 8.78. The third-order valence-electron chi connectivity index (χ3n) is 5.87. The number of hydrogen-bond acceptors (Lipinski definition) is 3. The highest BCUT2D eigenvalue weighted by Crippen LogP contribution is 2.29. The molecule has 1 aliphatic rings. The molecule has 7 heteroatoms. The van der Waals surface area contributed by atoms with Gasteiger partial charge in [0.2, 0.25) is 0 Å². The molecule has 2 heterocycles. The zero-order valence-electron chi connectivity index (χ0n) is 18.9. The van der Waals surface area contributed by atoms with Crippen molar-refractivity contribution in [3.63, 3.8) is 0 Å². The van der Waals surface area contributed by atoms with Gasteiger partial charge in [0, 0.05) is 21.5 Å². The van der Waals surface area contributed by atoms with Crippen LogP contribution in [0, 0.1) is 20.8 Å². The number of benzene rings is 2. The molecule has 0 atom stereocenters. The lowest BCUT2D eigenvalue weighted by Gasteiger charge is -2.30. The quantitative estimate of drug-likeness (QED) is 0.278. The van der Waals surface area contributed by atoms with Gasteiger partial charge in [0.25, 0.3) is 11.8 Å². The summed E-state index contributed by atoms with van der Waals surface area (Å²) in [6.45, 7) is 8.02. The number of hydrogen-bond donors (Lipinski definition) is 1. The predicted molar refractivity (Wildman–Crippen MR) is 140 cm³/mol. The Balaban J connectivity index is 1.75. The lowest BCUT2D eigenvalue weighted by Crippen LogP contribution is -2.54. The molecule has 1 aliphatic heterocycles. The van der Waals surface area contributed by atoms with E-state index < -0.39 is 11.8 Å². The van der Waals surface area contributed by atoms with Crippen molar-refractivity contribution in [2.24, 2.45) is 0 Å². The summed E-state index contributed by atoms with van der Waals surface area (Å²) in [7, 11) is 0. The van der Waals surface area contributed by atoms with Crippen LogP contribution in [0.25, 0.3) is 11.8 Å². The van der Waals surface area contributed by atoms with E-state index in [-0.39, 0.29) is 10.7 Å². The number of carbonyl (C=O) groups excluding carboxylic acids is 2. The smallest absolute Gasteiger partial charge is 0.270 e. The SMILES string of the molecule is CCc1ccc(-n2c(C)cc(/C=C3\C(=O)NC(=S)N(c4ccc(Br)cc4C)C3=O)c2C)cc1. The Bertz CT molecular complexity index is 1320. The van der Waals surface area contributed by atoms with Gasteiger partial charge in [-0.3, -0.25) is 19.8 Å². The molecule has 0 saturated carbocycles. The predicted octanol–water partition coefficient (Wildman–Crippen LogP) is 5.56. The Hall–Kier alpha value is -3.03. The number of nitrogens with zero attached hydrogens (tertiary/aromatic N) is 2. The lowest BCUT2D eigenvalue weighted by atomic mass is 10.1. The van der Waals surface area contributed by atoms with Crippen molar-refractivity contribution >= 4 is 56.8 Å². The first-order chi connectivity index (χ1) is 15.7. The van der Waals surface area contributed by atoms with E-state index in [0.29, 0.717) is 5.69 Å². The molecule has 0 radical (unpaired) electrons. The van der Waals surface area contributed by atoms with Crippen molar-refractivity contribution < 1.29 is 9.59 Å². The normalized spacial score (nSPS) is 15.4. The van der Waals surface area contributed by atoms with Crippen LogP contribution in [0.3, 0.4) is 0 Å². The standard InChI is InChI=1S/C26H24BrN3O2S/c1-5-18-6-9-21(10-7-18)29-16(3)13-19(17(29)4)14-22-24(31)28-26(33)30(25(22)32)23-11-8-20(27)12-15(23)2/h6-14H,5H2,1-4H3,(H,28,31,33)/b22-14+. The maximum absolute atomic E-state index is 13.4. The van der Waals surface area contributed by atoms with Gasteiger partial charge >= 0.3 is 0 Å². The minimum Gasteiger partial charge on any atom is -0.318 e. The van der Waals surface area contributed by atoms with E-state index in [0.717, 1.165) is 39.1 Å². The van der Waals surface area contributed by atoms with E-state index in [1.54, 1.807) is 6.08 Å². The fourth-order valence-electron chi connectivity index (χ4n) is 4.11. The molecule has 2 aromatic carbocycles. The largest absolute Gasteiger partial charge is 0.318 e. The molecule has 0 unspecified atom stereocenters. The summed E-state index contributed by atoms with van der Waals surface area (Å²) in [5.74, 6) is -0.931. The molecule has 1 saturated heterocycles. The van der Waals surface area contributed by atoms with Crippen LogP contribution in [0.5, 0.6) is 0 Å². The van der Waals surface area contributed by atoms with Gasteiger partial charge in [0.05, 0.1) is 5.69 Å². The molecule has 0 aliphatic carbocycles. The van der Waals surface area contributed by atoms with Crippen molar-refractivity contribution in [1.29, 1.82) is 0 Å². The summed E-state index contributed by atoms with van der Waals surface area (Å²) in [6.07, 6.45) is 2.63. The maximum Gasteiger partial charge on any atom is 0.270 e. The van der Waals surface area contributed by atoms with E-state index >= 15 is 0 Å². The molecule has 0 spiro atoms. The summed E-state index contributed by atoms with van der Waals surface area (Å²) < 4.78 is 3.02. The van der Waals surface area contributed by atoms with Crippen LogP contribution in [0.15, 0.2) is 58.6 Å². The Morgan fingerprint density at radius 2 is 1.73 bits per heavy atom. The molecule has 2 amide bonds. The van der Waals surface area contributed by atoms with Gasteiger partial charge < -0.3 is 4.57 Å². The van der Waals surface area contributed by atoms with Gasteiger partial charge in [-0.2, -0.15) is 0 Å². The van der Waals surface area contributed by atoms with Gasteiger partial charge in [0.1, 0.15) is 5.57 Å². The van der Waals surface area contributed by atoms with Crippen LogP contribution in [0.1, 0.15) is 35.0 Å². The first kappa shape index (κ1) is 23.1. The van der Waals surface area contributed by atoms with Crippen LogP contribution in [-0.2, 0) is 16.0 Å². The van der Waals surface area contributed by atoms with Crippen LogP contribution < -0.4 is 10.2 Å². The molecule has 5 nitrogen and oxygen atoms in total. The van der Waals surface area contributed by atoms with Crippen molar-refractivity contribution in [2.75, 3.05) is 4.90 Å². The highest BCUT2D eigenvalue weighted by Gasteiger charge is 2.35. The van der Waals surface area contributed by atoms with Crippen molar-refractivity contribution in [3.05, 3.63) is 86.7 Å². The van der Waals surface area contributed by atoms with Gasteiger partial charge in [0.15, 0.2) is 5.11 Å². The average molecular weight is 522 g/mol. The maximum atomic E-state index is 13.4. The zero-order valence-corrected chi connectivity index (χ0v) is 21.3. The Labute approximate surface area is 207 Å². The van der Waals surface area contributed by atoms with Crippen molar-refractivity contribution in [2.45, 2.75) is 34.1 Å². The molecular weight excluding hydrogens is 498 g/mol. The number of carbonyl (C=O) groups is 2. The number of nitrogens with one attached hydrogen (secondary N) is 1. The molecule has 4 rings (SSSR count). The molecule has 1 fully saturated rings. The summed E-state index contributed by atoms with van der Waals surface area (Å²) in [6, 6.07) is 15.9. The number of rotatable bonds is 4. The molecule has 1 aromatic heterocycles. The van der Waals surface area contributed by atoms with Crippen LogP contribution in [0.4, 0.5) is 5.69 Å². The number of aryl methyl sites for hydroxylation is 3. The number of thiocarbonyl (C=S) groups is 1. The van der Waals surface area contributed by atoms with E-state index in [9.17, 15) is 9.59 Å². The van der Waals surface area contributed by atoms with E-state index in [2.05, 4.69) is 57.0 Å². The van der Waals surface area contributed by atoms with Crippen LogP contribution >= 0.6 is 28.1 Å². The first-order valence-corrected chi connectivity index (χ1v) is 11.9. The average Bonchev–Trinajstić information content (AvgIpc) is 3.05. The Morgan fingerprint density at radius 3 is 2.36 bits per heavy atom. The molecule has 33 heavy (non-hydrogen) atoms. The molecule has 3 aromatic rings. The molecule has 0 bridgehead atoms. The fourth-order valence-corrected chi connectivity index (χ4v) is 4.86. The fraction of sp³-hybridized carbons (Fsp3) is 0.192. The topological polar surface area (TPSA) is 54.3 Å².